The summed E-state index contributed by atoms with van der Waals surface area (Å²) in [5.74, 6) is 0.153. The fourth-order valence-electron chi connectivity index (χ4n) is 4.00. The quantitative estimate of drug-likeness (QED) is 0.817. The van der Waals surface area contributed by atoms with Crippen molar-refractivity contribution in [3.63, 3.8) is 0 Å². The number of hydrogen-bond acceptors (Lipinski definition) is 4. The highest BCUT2D eigenvalue weighted by molar-refractivity contribution is 5.94. The summed E-state index contributed by atoms with van der Waals surface area (Å²) in [6.45, 7) is 8.76. The molecule has 2 aliphatic rings. The lowest BCUT2D eigenvalue weighted by Gasteiger charge is -2.35. The molecule has 154 valence electrons. The van der Waals surface area contributed by atoms with Gasteiger partial charge in [-0.25, -0.2) is 0 Å². The van der Waals surface area contributed by atoms with Crippen molar-refractivity contribution < 1.29 is 9.53 Å². The van der Waals surface area contributed by atoms with E-state index in [4.69, 9.17) is 4.74 Å². The first-order chi connectivity index (χ1) is 12.0. The second kappa shape index (κ2) is 11.2. The molecule has 2 saturated heterocycles. The van der Waals surface area contributed by atoms with Crippen molar-refractivity contribution in [3.8, 4) is 0 Å². The van der Waals surface area contributed by atoms with Crippen LogP contribution in [0.3, 0.4) is 0 Å². The zero-order valence-electron chi connectivity index (χ0n) is 16.5. The van der Waals surface area contributed by atoms with E-state index in [1.54, 1.807) is 0 Å². The van der Waals surface area contributed by atoms with Crippen LogP contribution in [-0.4, -0.2) is 67.2 Å². The van der Waals surface area contributed by atoms with Gasteiger partial charge in [0.05, 0.1) is 12.2 Å². The monoisotopic (exact) mass is 417 g/mol. The second-order valence-electron chi connectivity index (χ2n) is 7.53. The number of nitrogens with one attached hydrogen (secondary N) is 1. The van der Waals surface area contributed by atoms with Crippen molar-refractivity contribution in [2.75, 3.05) is 33.2 Å². The molecule has 27 heavy (non-hydrogen) atoms. The van der Waals surface area contributed by atoms with Crippen LogP contribution in [0.15, 0.2) is 24.3 Å². The van der Waals surface area contributed by atoms with Gasteiger partial charge in [0.15, 0.2) is 0 Å². The lowest BCUT2D eigenvalue weighted by atomic mass is 10.0. The van der Waals surface area contributed by atoms with E-state index < -0.39 is 0 Å². The molecule has 5 nitrogen and oxygen atoms in total. The molecular formula is C20H33Cl2N3O2. The van der Waals surface area contributed by atoms with Crippen molar-refractivity contribution in [1.82, 2.24) is 15.1 Å². The lowest BCUT2D eigenvalue weighted by Crippen LogP contribution is -2.47. The molecule has 3 atom stereocenters. The first-order valence-electron chi connectivity index (χ1n) is 9.48. The zero-order valence-corrected chi connectivity index (χ0v) is 18.2. The Morgan fingerprint density at radius 2 is 1.74 bits per heavy atom. The van der Waals surface area contributed by atoms with Crippen LogP contribution in [-0.2, 0) is 11.3 Å². The van der Waals surface area contributed by atoms with Gasteiger partial charge in [-0.2, -0.15) is 0 Å². The maximum atomic E-state index is 12.7. The molecule has 2 heterocycles. The minimum atomic E-state index is 0. The highest BCUT2D eigenvalue weighted by atomic mass is 35.5. The number of halogens is 2. The van der Waals surface area contributed by atoms with Gasteiger partial charge in [0.2, 0.25) is 0 Å². The maximum absolute atomic E-state index is 12.7. The molecule has 1 aromatic carbocycles. The van der Waals surface area contributed by atoms with E-state index >= 15 is 0 Å². The van der Waals surface area contributed by atoms with E-state index in [-0.39, 0.29) is 42.9 Å². The van der Waals surface area contributed by atoms with E-state index in [0.717, 1.165) is 51.1 Å². The number of likely N-dealkylation sites (N-methyl/N-ethyl adjacent to an activating group) is 1. The van der Waals surface area contributed by atoms with Crippen LogP contribution in [0.25, 0.3) is 0 Å². The van der Waals surface area contributed by atoms with Crippen LogP contribution in [0.2, 0.25) is 0 Å². The number of piperidine rings is 1. The molecule has 0 radical (unpaired) electrons. The summed E-state index contributed by atoms with van der Waals surface area (Å²) >= 11 is 0. The number of morpholine rings is 1. The predicted octanol–water partition coefficient (Wildman–Crippen LogP) is 2.96. The van der Waals surface area contributed by atoms with E-state index in [1.165, 1.54) is 5.56 Å². The molecule has 0 aliphatic carbocycles. The molecule has 1 aromatic rings. The van der Waals surface area contributed by atoms with E-state index in [2.05, 4.69) is 36.2 Å². The van der Waals surface area contributed by atoms with Gasteiger partial charge in [-0.1, -0.05) is 12.1 Å². The van der Waals surface area contributed by atoms with E-state index in [1.807, 2.05) is 24.1 Å². The van der Waals surface area contributed by atoms with Crippen molar-refractivity contribution in [2.24, 2.45) is 0 Å². The molecule has 1 amide bonds. The largest absolute Gasteiger partial charge is 0.373 e. The van der Waals surface area contributed by atoms with Gasteiger partial charge in [0.25, 0.3) is 5.91 Å². The molecule has 7 heteroatoms. The summed E-state index contributed by atoms with van der Waals surface area (Å²) in [5.41, 5.74) is 2.05. The number of nitrogens with zero attached hydrogens (tertiary/aromatic N) is 2. The lowest BCUT2D eigenvalue weighted by molar-refractivity contribution is -0.0704. The number of benzene rings is 1. The van der Waals surface area contributed by atoms with Gasteiger partial charge < -0.3 is 15.0 Å². The van der Waals surface area contributed by atoms with Gasteiger partial charge in [-0.3, -0.25) is 9.69 Å². The van der Waals surface area contributed by atoms with Gasteiger partial charge in [0, 0.05) is 44.3 Å². The Balaban J connectivity index is 0.00000182. The Hall–Kier alpha value is -0.850. The fourth-order valence-corrected chi connectivity index (χ4v) is 4.00. The smallest absolute Gasteiger partial charge is 0.253 e. The molecule has 3 rings (SSSR count). The average Bonchev–Trinajstić information content (AvgIpc) is 2.61. The van der Waals surface area contributed by atoms with Crippen molar-refractivity contribution >= 4 is 30.7 Å². The molecule has 2 fully saturated rings. The van der Waals surface area contributed by atoms with Gasteiger partial charge >= 0.3 is 0 Å². The fraction of sp³-hybridized carbons (Fsp3) is 0.650. The Labute approximate surface area is 175 Å². The Morgan fingerprint density at radius 1 is 1.11 bits per heavy atom. The van der Waals surface area contributed by atoms with Gasteiger partial charge in [-0.15, -0.1) is 24.8 Å². The number of likely N-dealkylation sites (tertiary alicyclic amines) is 1. The summed E-state index contributed by atoms with van der Waals surface area (Å²) in [7, 11) is 1.97. The molecule has 2 aliphatic heterocycles. The highest BCUT2D eigenvalue weighted by Crippen LogP contribution is 2.17. The van der Waals surface area contributed by atoms with Crippen LogP contribution in [0.4, 0.5) is 0 Å². The van der Waals surface area contributed by atoms with Crippen molar-refractivity contribution in [3.05, 3.63) is 35.4 Å². The number of hydrogen-bond donors (Lipinski definition) is 1. The van der Waals surface area contributed by atoms with E-state index in [9.17, 15) is 4.79 Å². The number of rotatable bonds is 4. The van der Waals surface area contributed by atoms with Crippen LogP contribution >= 0.6 is 24.8 Å². The van der Waals surface area contributed by atoms with E-state index in [0.29, 0.717) is 6.04 Å². The first kappa shape index (κ1) is 24.2. The standard InChI is InChI=1S/C20H31N3O2.2ClH/c1-15-11-22(12-16(2)25-15)13-17-6-8-18(9-7-17)20(24)23-10-4-5-19(14-23)21-3;;/h6-9,15-16,19,21H,4-5,10-14H2,1-3H3;2*1H. The predicted molar refractivity (Wildman–Crippen MR) is 114 cm³/mol. The summed E-state index contributed by atoms with van der Waals surface area (Å²) in [6, 6.07) is 8.57. The van der Waals surface area contributed by atoms with Crippen molar-refractivity contribution in [1.29, 1.82) is 0 Å². The zero-order chi connectivity index (χ0) is 17.8. The van der Waals surface area contributed by atoms with Gasteiger partial charge in [0.1, 0.15) is 0 Å². The normalized spacial score (nSPS) is 26.0. The third kappa shape index (κ3) is 6.61. The first-order valence-corrected chi connectivity index (χ1v) is 9.48. The molecule has 0 aromatic heterocycles. The maximum Gasteiger partial charge on any atom is 0.253 e. The second-order valence-corrected chi connectivity index (χ2v) is 7.53. The Morgan fingerprint density at radius 3 is 2.33 bits per heavy atom. The molecular weight excluding hydrogens is 385 g/mol. The number of carbonyl (C=O) groups is 1. The van der Waals surface area contributed by atoms with Crippen LogP contribution in [0.1, 0.15) is 42.6 Å². The van der Waals surface area contributed by atoms with Gasteiger partial charge in [-0.05, 0) is 51.4 Å². The minimum absolute atomic E-state index is 0. The van der Waals surface area contributed by atoms with Crippen LogP contribution in [0, 0.1) is 0 Å². The topological polar surface area (TPSA) is 44.8 Å². The minimum Gasteiger partial charge on any atom is -0.373 e. The summed E-state index contributed by atoms with van der Waals surface area (Å²) in [4.78, 5) is 17.1. The number of amides is 1. The average molecular weight is 418 g/mol. The van der Waals surface area contributed by atoms with Crippen LogP contribution in [0.5, 0.6) is 0 Å². The molecule has 3 unspecified atom stereocenters. The molecule has 0 saturated carbocycles. The molecule has 0 bridgehead atoms. The summed E-state index contributed by atoms with van der Waals surface area (Å²) in [6.07, 6.45) is 2.78. The van der Waals surface area contributed by atoms with Crippen LogP contribution < -0.4 is 5.32 Å². The van der Waals surface area contributed by atoms with Crippen molar-refractivity contribution in [2.45, 2.75) is 51.5 Å². The number of ether oxygens (including phenoxy) is 1. The molecule has 0 spiro atoms. The Kier molecular flexibility index (Phi) is 10.1. The third-order valence-corrected chi connectivity index (χ3v) is 5.22. The molecule has 1 N–H and O–H groups in total. The highest BCUT2D eigenvalue weighted by Gasteiger charge is 2.24. The SMILES string of the molecule is CNC1CCCN(C(=O)c2ccc(CN3CC(C)OC(C)C3)cc2)C1.Cl.Cl. The number of carbonyl (C=O) groups excluding carboxylic acids is 1. The Bertz CT molecular complexity index is 575. The third-order valence-electron chi connectivity index (χ3n) is 5.22. The summed E-state index contributed by atoms with van der Waals surface area (Å²) < 4.78 is 5.79. The summed E-state index contributed by atoms with van der Waals surface area (Å²) in [5, 5.41) is 3.29.